The Hall–Kier alpha value is -1.79. The van der Waals surface area contributed by atoms with Crippen LogP contribution in [-0.4, -0.2) is 30.8 Å². The first-order valence-electron chi connectivity index (χ1n) is 6.16. The molecule has 0 spiro atoms. The minimum Gasteiger partial charge on any atom is -0.254 e. The quantitative estimate of drug-likeness (QED) is 0.680. The highest BCUT2D eigenvalue weighted by Crippen LogP contribution is 2.21. The lowest BCUT2D eigenvalue weighted by Crippen LogP contribution is -2.00. The van der Waals surface area contributed by atoms with E-state index in [4.69, 9.17) is 11.6 Å². The molecule has 0 aliphatic carbocycles. The van der Waals surface area contributed by atoms with E-state index in [0.717, 1.165) is 28.5 Å². The summed E-state index contributed by atoms with van der Waals surface area (Å²) in [5, 5.41) is 11.1. The number of aromatic nitrogens is 5. The Balaban J connectivity index is 1.73. The Morgan fingerprint density at radius 1 is 1.25 bits per heavy atom. The first kappa shape index (κ1) is 13.2. The zero-order chi connectivity index (χ0) is 13.8. The molecule has 0 N–H and O–H groups in total. The van der Waals surface area contributed by atoms with Gasteiger partial charge in [-0.25, -0.2) is 9.67 Å². The van der Waals surface area contributed by atoms with Crippen molar-refractivity contribution in [2.24, 2.45) is 0 Å². The number of rotatable bonds is 5. The average molecular weight is 306 g/mol. The standard InChI is InChI=1S/C13H12ClN5S/c14-5-4-10-7-19(18-17-10)8-11-9-20-13(16-11)12-3-1-2-6-15-12/h1-3,6-7,9H,4-5,8H2. The number of thiazole rings is 1. The number of pyridine rings is 1. The van der Waals surface area contributed by atoms with E-state index in [-0.39, 0.29) is 0 Å². The first-order chi connectivity index (χ1) is 9.85. The molecule has 5 nitrogen and oxygen atoms in total. The van der Waals surface area contributed by atoms with E-state index in [1.807, 2.05) is 29.8 Å². The number of alkyl halides is 1. The summed E-state index contributed by atoms with van der Waals surface area (Å²) in [6.45, 7) is 0.610. The number of halogens is 1. The van der Waals surface area contributed by atoms with Gasteiger partial charge in [-0.05, 0) is 12.1 Å². The Bertz CT molecular complexity index is 679. The van der Waals surface area contributed by atoms with Gasteiger partial charge < -0.3 is 0 Å². The molecule has 20 heavy (non-hydrogen) atoms. The third-order valence-electron chi connectivity index (χ3n) is 2.70. The SMILES string of the molecule is ClCCc1cn(Cc2csc(-c3ccccn3)n2)nn1. The smallest absolute Gasteiger partial charge is 0.142 e. The third kappa shape index (κ3) is 3.02. The molecule has 0 aliphatic heterocycles. The lowest BCUT2D eigenvalue weighted by Gasteiger charge is -1.96. The van der Waals surface area contributed by atoms with Crippen LogP contribution in [0.3, 0.4) is 0 Å². The molecule has 3 rings (SSSR count). The topological polar surface area (TPSA) is 56.5 Å². The third-order valence-corrected chi connectivity index (χ3v) is 3.80. The van der Waals surface area contributed by atoms with Gasteiger partial charge in [0.2, 0.25) is 0 Å². The zero-order valence-electron chi connectivity index (χ0n) is 10.6. The van der Waals surface area contributed by atoms with Crippen LogP contribution in [0.25, 0.3) is 10.7 Å². The van der Waals surface area contributed by atoms with Crippen molar-refractivity contribution in [2.75, 3.05) is 5.88 Å². The average Bonchev–Trinajstić information content (AvgIpc) is 3.11. The molecule has 0 saturated heterocycles. The molecule has 0 aliphatic rings. The summed E-state index contributed by atoms with van der Waals surface area (Å²) in [5.41, 5.74) is 2.75. The molecule has 0 aromatic carbocycles. The van der Waals surface area contributed by atoms with E-state index in [0.29, 0.717) is 12.4 Å². The molecule has 0 atom stereocenters. The molecule has 0 amide bonds. The van der Waals surface area contributed by atoms with Crippen LogP contribution in [0.5, 0.6) is 0 Å². The maximum atomic E-state index is 5.68. The van der Waals surface area contributed by atoms with Crippen LogP contribution in [0.2, 0.25) is 0 Å². The van der Waals surface area contributed by atoms with Crippen LogP contribution in [0.15, 0.2) is 36.0 Å². The maximum Gasteiger partial charge on any atom is 0.142 e. The maximum absolute atomic E-state index is 5.68. The summed E-state index contributed by atoms with van der Waals surface area (Å²) in [5.74, 6) is 0.555. The van der Waals surface area contributed by atoms with Crippen molar-refractivity contribution in [1.82, 2.24) is 25.0 Å². The minimum atomic E-state index is 0.555. The highest BCUT2D eigenvalue weighted by atomic mass is 35.5. The van der Waals surface area contributed by atoms with Crippen molar-refractivity contribution in [3.8, 4) is 10.7 Å². The Kier molecular flexibility index (Phi) is 4.03. The number of aryl methyl sites for hydroxylation is 1. The summed E-state index contributed by atoms with van der Waals surface area (Å²) in [4.78, 5) is 8.87. The van der Waals surface area contributed by atoms with E-state index < -0.39 is 0 Å². The summed E-state index contributed by atoms with van der Waals surface area (Å²) in [7, 11) is 0. The zero-order valence-corrected chi connectivity index (χ0v) is 12.2. The predicted molar refractivity (Wildman–Crippen MR) is 78.9 cm³/mol. The first-order valence-corrected chi connectivity index (χ1v) is 7.57. The van der Waals surface area contributed by atoms with Crippen molar-refractivity contribution in [3.05, 3.63) is 47.4 Å². The Morgan fingerprint density at radius 3 is 3.00 bits per heavy atom. The molecule has 0 fully saturated rings. The minimum absolute atomic E-state index is 0.555. The largest absolute Gasteiger partial charge is 0.254 e. The van der Waals surface area contributed by atoms with Gasteiger partial charge in [-0.15, -0.1) is 28.0 Å². The Labute approximate surface area is 125 Å². The monoisotopic (exact) mass is 305 g/mol. The molecule has 3 aromatic rings. The fourth-order valence-electron chi connectivity index (χ4n) is 1.78. The van der Waals surface area contributed by atoms with Gasteiger partial charge in [0.15, 0.2) is 0 Å². The van der Waals surface area contributed by atoms with E-state index in [1.165, 1.54) is 0 Å². The molecule has 0 unspecified atom stereocenters. The summed E-state index contributed by atoms with van der Waals surface area (Å²) in [6, 6.07) is 5.81. The second-order valence-corrected chi connectivity index (χ2v) is 5.44. The highest BCUT2D eigenvalue weighted by molar-refractivity contribution is 7.13. The van der Waals surface area contributed by atoms with Crippen LogP contribution < -0.4 is 0 Å². The summed E-state index contributed by atoms with van der Waals surface area (Å²) in [6.07, 6.45) is 4.41. The molecule has 0 bridgehead atoms. The molecule has 102 valence electrons. The van der Waals surface area contributed by atoms with Gasteiger partial charge >= 0.3 is 0 Å². The van der Waals surface area contributed by atoms with Crippen LogP contribution in [-0.2, 0) is 13.0 Å². The van der Waals surface area contributed by atoms with Crippen LogP contribution in [0.1, 0.15) is 11.4 Å². The van der Waals surface area contributed by atoms with Crippen LogP contribution in [0, 0.1) is 0 Å². The van der Waals surface area contributed by atoms with E-state index in [1.54, 1.807) is 22.2 Å². The lowest BCUT2D eigenvalue weighted by atomic mass is 10.3. The summed E-state index contributed by atoms with van der Waals surface area (Å²) < 4.78 is 1.78. The normalized spacial score (nSPS) is 10.8. The molecule has 7 heteroatoms. The van der Waals surface area contributed by atoms with Crippen molar-refractivity contribution < 1.29 is 0 Å². The molecule has 3 aromatic heterocycles. The number of nitrogens with zero attached hydrogens (tertiary/aromatic N) is 5. The van der Waals surface area contributed by atoms with Crippen molar-refractivity contribution in [3.63, 3.8) is 0 Å². The van der Waals surface area contributed by atoms with Crippen molar-refractivity contribution >= 4 is 22.9 Å². The summed E-state index contributed by atoms with van der Waals surface area (Å²) >= 11 is 7.26. The highest BCUT2D eigenvalue weighted by Gasteiger charge is 2.07. The van der Waals surface area contributed by atoms with E-state index >= 15 is 0 Å². The van der Waals surface area contributed by atoms with Crippen molar-refractivity contribution in [2.45, 2.75) is 13.0 Å². The van der Waals surface area contributed by atoms with Gasteiger partial charge in [-0.1, -0.05) is 11.3 Å². The second kappa shape index (κ2) is 6.11. The van der Waals surface area contributed by atoms with E-state index in [2.05, 4.69) is 20.3 Å². The predicted octanol–water partition coefficient (Wildman–Crippen LogP) is 2.63. The second-order valence-electron chi connectivity index (χ2n) is 4.21. The lowest BCUT2D eigenvalue weighted by molar-refractivity contribution is 0.641. The van der Waals surface area contributed by atoms with E-state index in [9.17, 15) is 0 Å². The van der Waals surface area contributed by atoms with Gasteiger partial charge in [0.1, 0.15) is 5.01 Å². The molecule has 0 saturated carbocycles. The van der Waals surface area contributed by atoms with Gasteiger partial charge in [0.05, 0.1) is 23.6 Å². The van der Waals surface area contributed by atoms with Crippen molar-refractivity contribution in [1.29, 1.82) is 0 Å². The Morgan fingerprint density at radius 2 is 2.20 bits per heavy atom. The fourth-order valence-corrected chi connectivity index (χ4v) is 2.76. The van der Waals surface area contributed by atoms with Crippen LogP contribution >= 0.6 is 22.9 Å². The van der Waals surface area contributed by atoms with Gasteiger partial charge in [0.25, 0.3) is 0 Å². The molecular weight excluding hydrogens is 294 g/mol. The number of hydrogen-bond donors (Lipinski definition) is 0. The number of hydrogen-bond acceptors (Lipinski definition) is 5. The van der Waals surface area contributed by atoms with Gasteiger partial charge in [-0.3, -0.25) is 4.98 Å². The van der Waals surface area contributed by atoms with Crippen LogP contribution in [0.4, 0.5) is 0 Å². The molecule has 0 radical (unpaired) electrons. The van der Waals surface area contributed by atoms with Gasteiger partial charge in [-0.2, -0.15) is 0 Å². The van der Waals surface area contributed by atoms with Gasteiger partial charge in [0, 0.05) is 30.1 Å². The molecular formula is C13H12ClN5S. The molecule has 3 heterocycles. The fraction of sp³-hybridized carbons (Fsp3) is 0.231.